The minimum Gasteiger partial charge on any atom is -0.497 e. The Morgan fingerprint density at radius 3 is 2.56 bits per heavy atom. The molecule has 0 amide bonds. The van der Waals surface area contributed by atoms with Crippen molar-refractivity contribution >= 4 is 33.8 Å². The lowest BCUT2D eigenvalue weighted by Gasteiger charge is -2.06. The molecule has 6 nitrogen and oxygen atoms in total. The largest absolute Gasteiger partial charge is 0.497 e. The first-order chi connectivity index (χ1) is 13.3. The van der Waals surface area contributed by atoms with Crippen LogP contribution in [0.2, 0.25) is 0 Å². The molecule has 0 aliphatic rings. The van der Waals surface area contributed by atoms with Gasteiger partial charge in [0.05, 0.1) is 19.2 Å². The predicted octanol–water partition coefficient (Wildman–Crippen LogP) is 4.18. The highest BCUT2D eigenvalue weighted by molar-refractivity contribution is 7.99. The van der Waals surface area contributed by atoms with Crippen molar-refractivity contribution in [1.29, 1.82) is 0 Å². The molecule has 0 fully saturated rings. The van der Waals surface area contributed by atoms with Crippen LogP contribution in [0.25, 0.3) is 22.1 Å². The van der Waals surface area contributed by atoms with E-state index in [4.69, 9.17) is 14.5 Å². The zero-order valence-electron chi connectivity index (χ0n) is 15.3. The Labute approximate surface area is 161 Å². The van der Waals surface area contributed by atoms with E-state index in [1.165, 1.54) is 0 Å². The van der Waals surface area contributed by atoms with E-state index in [2.05, 4.69) is 33.8 Å². The number of ether oxygens (including phenoxy) is 2. The molecule has 0 saturated carbocycles. The average molecular weight is 380 g/mol. The Morgan fingerprint density at radius 1 is 1.00 bits per heavy atom. The van der Waals surface area contributed by atoms with Gasteiger partial charge < -0.3 is 14.0 Å². The highest BCUT2D eigenvalue weighted by Crippen LogP contribution is 2.27. The first kappa shape index (κ1) is 17.6. The molecule has 0 saturated heterocycles. The SMILES string of the molecule is CCn1c2ccccc2c2nnc(SCCOc3ccc(OC)cc3)nc21. The van der Waals surface area contributed by atoms with Gasteiger partial charge in [0.1, 0.15) is 17.0 Å². The van der Waals surface area contributed by atoms with Crippen molar-refractivity contribution in [2.45, 2.75) is 18.6 Å². The molecule has 0 aliphatic heterocycles. The van der Waals surface area contributed by atoms with Gasteiger partial charge in [-0.25, -0.2) is 4.98 Å². The molecule has 138 valence electrons. The molecule has 0 unspecified atom stereocenters. The average Bonchev–Trinajstić information content (AvgIpc) is 3.04. The summed E-state index contributed by atoms with van der Waals surface area (Å²) in [5.41, 5.74) is 2.88. The van der Waals surface area contributed by atoms with Crippen LogP contribution >= 0.6 is 11.8 Å². The summed E-state index contributed by atoms with van der Waals surface area (Å²) in [6.07, 6.45) is 0. The van der Waals surface area contributed by atoms with Gasteiger partial charge in [-0.05, 0) is 37.3 Å². The zero-order chi connectivity index (χ0) is 18.6. The number of methoxy groups -OCH3 is 1. The smallest absolute Gasteiger partial charge is 0.211 e. The molecular formula is C20H20N4O2S. The fourth-order valence-electron chi connectivity index (χ4n) is 3.03. The second kappa shape index (κ2) is 7.84. The van der Waals surface area contributed by atoms with Crippen molar-refractivity contribution in [3.8, 4) is 11.5 Å². The molecule has 0 radical (unpaired) electrons. The number of fused-ring (bicyclic) bond motifs is 3. The molecule has 4 rings (SSSR count). The van der Waals surface area contributed by atoms with Crippen LogP contribution in [0, 0.1) is 0 Å². The number of hydrogen-bond acceptors (Lipinski definition) is 6. The molecule has 2 aromatic carbocycles. The summed E-state index contributed by atoms with van der Waals surface area (Å²) in [6.45, 7) is 3.52. The van der Waals surface area contributed by atoms with Crippen molar-refractivity contribution in [1.82, 2.24) is 19.7 Å². The molecule has 0 atom stereocenters. The van der Waals surface area contributed by atoms with Crippen LogP contribution in [0.5, 0.6) is 11.5 Å². The maximum absolute atomic E-state index is 5.75. The van der Waals surface area contributed by atoms with Crippen LogP contribution in [0.15, 0.2) is 53.7 Å². The Morgan fingerprint density at radius 2 is 1.78 bits per heavy atom. The molecule has 4 aromatic rings. The van der Waals surface area contributed by atoms with Crippen LogP contribution in [0.4, 0.5) is 0 Å². The van der Waals surface area contributed by atoms with Gasteiger partial charge >= 0.3 is 0 Å². The summed E-state index contributed by atoms with van der Waals surface area (Å²) >= 11 is 1.54. The Balaban J connectivity index is 1.45. The lowest BCUT2D eigenvalue weighted by atomic mass is 10.2. The minimum absolute atomic E-state index is 0.565. The van der Waals surface area contributed by atoms with Crippen LogP contribution < -0.4 is 9.47 Å². The standard InChI is InChI=1S/C20H20N4O2S/c1-3-24-17-7-5-4-6-16(17)18-19(24)21-20(23-22-18)27-13-12-26-15-10-8-14(25-2)9-11-15/h4-11H,3,12-13H2,1-2H3. The molecule has 0 N–H and O–H groups in total. The number of nitrogens with zero attached hydrogens (tertiary/aromatic N) is 4. The Kier molecular flexibility index (Phi) is 5.11. The molecule has 0 bridgehead atoms. The highest BCUT2D eigenvalue weighted by atomic mass is 32.2. The molecule has 27 heavy (non-hydrogen) atoms. The lowest BCUT2D eigenvalue weighted by molar-refractivity contribution is 0.342. The molecule has 2 heterocycles. The van der Waals surface area contributed by atoms with E-state index in [1.807, 2.05) is 36.4 Å². The van der Waals surface area contributed by atoms with Crippen molar-refractivity contribution in [2.75, 3.05) is 19.5 Å². The van der Waals surface area contributed by atoms with Crippen molar-refractivity contribution < 1.29 is 9.47 Å². The molecule has 2 aromatic heterocycles. The third kappa shape index (κ3) is 3.55. The van der Waals surface area contributed by atoms with Crippen molar-refractivity contribution in [3.05, 3.63) is 48.5 Å². The molecular weight excluding hydrogens is 360 g/mol. The topological polar surface area (TPSA) is 62.1 Å². The summed E-state index contributed by atoms with van der Waals surface area (Å²) in [7, 11) is 1.65. The zero-order valence-corrected chi connectivity index (χ0v) is 16.1. The van der Waals surface area contributed by atoms with E-state index in [-0.39, 0.29) is 0 Å². The van der Waals surface area contributed by atoms with E-state index in [0.717, 1.165) is 45.9 Å². The predicted molar refractivity (Wildman–Crippen MR) is 108 cm³/mol. The van der Waals surface area contributed by atoms with Gasteiger partial charge in [-0.15, -0.1) is 10.2 Å². The number of aromatic nitrogens is 4. The summed E-state index contributed by atoms with van der Waals surface area (Å²) in [5.74, 6) is 2.37. The second-order valence-corrected chi connectivity index (χ2v) is 6.96. The number of para-hydroxylation sites is 1. The van der Waals surface area contributed by atoms with Gasteiger partial charge in [0.2, 0.25) is 5.16 Å². The molecule has 7 heteroatoms. The van der Waals surface area contributed by atoms with E-state index >= 15 is 0 Å². The maximum Gasteiger partial charge on any atom is 0.211 e. The quantitative estimate of drug-likeness (QED) is 0.354. The van der Waals surface area contributed by atoms with Crippen LogP contribution in [0.1, 0.15) is 6.92 Å². The first-order valence-corrected chi connectivity index (χ1v) is 9.80. The van der Waals surface area contributed by atoms with E-state index in [0.29, 0.717) is 11.8 Å². The van der Waals surface area contributed by atoms with Crippen LogP contribution in [-0.4, -0.2) is 39.2 Å². The monoisotopic (exact) mass is 380 g/mol. The van der Waals surface area contributed by atoms with E-state index < -0.39 is 0 Å². The van der Waals surface area contributed by atoms with E-state index in [1.54, 1.807) is 18.9 Å². The van der Waals surface area contributed by atoms with Gasteiger partial charge in [0, 0.05) is 17.7 Å². The highest BCUT2D eigenvalue weighted by Gasteiger charge is 2.13. The fourth-order valence-corrected chi connectivity index (χ4v) is 3.63. The third-order valence-electron chi connectivity index (χ3n) is 4.31. The van der Waals surface area contributed by atoms with Gasteiger partial charge in [-0.2, -0.15) is 0 Å². The maximum atomic E-state index is 5.75. The summed E-state index contributed by atoms with van der Waals surface area (Å²) < 4.78 is 13.1. The first-order valence-electron chi connectivity index (χ1n) is 8.81. The fraction of sp³-hybridized carbons (Fsp3) is 0.250. The van der Waals surface area contributed by atoms with Crippen molar-refractivity contribution in [2.24, 2.45) is 0 Å². The van der Waals surface area contributed by atoms with Crippen LogP contribution in [0.3, 0.4) is 0 Å². The van der Waals surface area contributed by atoms with Gasteiger partial charge in [0.15, 0.2) is 5.65 Å². The third-order valence-corrected chi connectivity index (χ3v) is 5.12. The van der Waals surface area contributed by atoms with Crippen molar-refractivity contribution in [3.63, 3.8) is 0 Å². The molecule has 0 spiro atoms. The van der Waals surface area contributed by atoms with Gasteiger partial charge in [-0.3, -0.25) is 0 Å². The minimum atomic E-state index is 0.565. The Hall–Kier alpha value is -2.80. The van der Waals surface area contributed by atoms with Crippen LogP contribution in [-0.2, 0) is 6.54 Å². The number of rotatable bonds is 7. The van der Waals surface area contributed by atoms with E-state index in [9.17, 15) is 0 Å². The number of hydrogen-bond donors (Lipinski definition) is 0. The van der Waals surface area contributed by atoms with Gasteiger partial charge in [0.25, 0.3) is 0 Å². The summed E-state index contributed by atoms with van der Waals surface area (Å²) in [4.78, 5) is 4.73. The lowest BCUT2D eigenvalue weighted by Crippen LogP contribution is -2.02. The Bertz CT molecular complexity index is 1060. The molecule has 0 aliphatic carbocycles. The second-order valence-electron chi connectivity index (χ2n) is 5.90. The normalized spacial score (nSPS) is 11.2. The number of thioether (sulfide) groups is 1. The van der Waals surface area contributed by atoms with Gasteiger partial charge in [-0.1, -0.05) is 30.0 Å². The number of aryl methyl sites for hydroxylation is 1. The number of benzene rings is 2. The summed E-state index contributed by atoms with van der Waals surface area (Å²) in [6, 6.07) is 15.8. The summed E-state index contributed by atoms with van der Waals surface area (Å²) in [5, 5.41) is 10.5.